The molecule has 0 N–H and O–H groups in total. The van der Waals surface area contributed by atoms with Gasteiger partial charge in [0, 0.05) is 5.56 Å². The van der Waals surface area contributed by atoms with Crippen molar-refractivity contribution in [3.8, 4) is 11.4 Å². The monoisotopic (exact) mass is 360 g/mol. The first-order valence-corrected chi connectivity index (χ1v) is 7.99. The molecule has 128 valence electrons. The summed E-state index contributed by atoms with van der Waals surface area (Å²) in [6.45, 7) is 1.79. The lowest BCUT2D eigenvalue weighted by Crippen LogP contribution is -2.08. The van der Waals surface area contributed by atoms with Crippen molar-refractivity contribution < 1.29 is 18.4 Å². The zero-order chi connectivity index (χ0) is 17.8. The summed E-state index contributed by atoms with van der Waals surface area (Å²) in [5, 5.41) is 3.83. The Morgan fingerprint density at radius 2 is 2.00 bits per heavy atom. The summed E-state index contributed by atoms with van der Waals surface area (Å²) >= 11 is 5.82. The van der Waals surface area contributed by atoms with Crippen LogP contribution in [0.15, 0.2) is 47.0 Å². The van der Waals surface area contributed by atoms with Gasteiger partial charge in [-0.2, -0.15) is 4.98 Å². The van der Waals surface area contributed by atoms with Gasteiger partial charge in [-0.3, -0.25) is 0 Å². The summed E-state index contributed by atoms with van der Waals surface area (Å²) < 4.78 is 23.7. The first kappa shape index (κ1) is 17.1. The number of aryl methyl sites for hydroxylation is 1. The highest BCUT2D eigenvalue weighted by atomic mass is 35.5. The van der Waals surface area contributed by atoms with Crippen LogP contribution in [-0.4, -0.2) is 16.1 Å². The third-order valence-corrected chi connectivity index (χ3v) is 3.90. The Bertz CT molecular complexity index is 873. The molecule has 0 aliphatic carbocycles. The van der Waals surface area contributed by atoms with Crippen molar-refractivity contribution in [2.75, 3.05) is 0 Å². The van der Waals surface area contributed by atoms with E-state index in [0.29, 0.717) is 5.82 Å². The number of nitrogens with zero attached hydrogens (tertiary/aromatic N) is 2. The highest BCUT2D eigenvalue weighted by molar-refractivity contribution is 6.33. The van der Waals surface area contributed by atoms with E-state index in [0.717, 1.165) is 18.1 Å². The molecule has 0 saturated carbocycles. The summed E-state index contributed by atoms with van der Waals surface area (Å²) in [5.74, 6) is -1.15. The fourth-order valence-electron chi connectivity index (χ4n) is 2.21. The van der Waals surface area contributed by atoms with Crippen LogP contribution in [0.1, 0.15) is 28.7 Å². The minimum Gasteiger partial charge on any atom is -0.452 e. The standard InChI is InChI=1S/C18H14ClFN2O3/c1-2-11-6-8-12(9-7-11)17-21-15(25-22-17)10-24-18(23)16-13(19)4-3-5-14(16)20/h3-9H,2,10H2,1H3. The molecule has 3 aromatic rings. The Labute approximate surface area is 148 Å². The highest BCUT2D eigenvalue weighted by Gasteiger charge is 2.18. The lowest BCUT2D eigenvalue weighted by Gasteiger charge is -2.04. The van der Waals surface area contributed by atoms with E-state index in [1.165, 1.54) is 17.7 Å². The third kappa shape index (κ3) is 3.85. The van der Waals surface area contributed by atoms with Gasteiger partial charge in [-0.05, 0) is 24.1 Å². The molecular weight excluding hydrogens is 347 g/mol. The maximum absolute atomic E-state index is 13.7. The largest absolute Gasteiger partial charge is 0.452 e. The van der Waals surface area contributed by atoms with Crippen molar-refractivity contribution in [1.29, 1.82) is 0 Å². The average Bonchev–Trinajstić information content (AvgIpc) is 3.09. The number of benzene rings is 2. The number of hydrogen-bond acceptors (Lipinski definition) is 5. The van der Waals surface area contributed by atoms with Crippen molar-refractivity contribution in [1.82, 2.24) is 10.1 Å². The molecule has 0 atom stereocenters. The number of aromatic nitrogens is 2. The van der Waals surface area contributed by atoms with Crippen LogP contribution in [0.2, 0.25) is 5.02 Å². The summed E-state index contributed by atoms with van der Waals surface area (Å²) in [5.41, 5.74) is 1.66. The molecule has 0 spiro atoms. The van der Waals surface area contributed by atoms with Gasteiger partial charge in [0.15, 0.2) is 6.61 Å². The number of hydrogen-bond donors (Lipinski definition) is 0. The Balaban J connectivity index is 1.68. The van der Waals surface area contributed by atoms with Crippen LogP contribution in [0.4, 0.5) is 4.39 Å². The van der Waals surface area contributed by atoms with E-state index in [9.17, 15) is 9.18 Å². The van der Waals surface area contributed by atoms with Gasteiger partial charge in [-0.25, -0.2) is 9.18 Å². The lowest BCUT2D eigenvalue weighted by atomic mass is 10.1. The molecule has 0 bridgehead atoms. The minimum absolute atomic E-state index is 0.0211. The molecule has 7 heteroatoms. The predicted molar refractivity (Wildman–Crippen MR) is 89.6 cm³/mol. The molecule has 0 radical (unpaired) electrons. The van der Waals surface area contributed by atoms with Crippen LogP contribution in [0.25, 0.3) is 11.4 Å². The van der Waals surface area contributed by atoms with Gasteiger partial charge in [0.05, 0.1) is 5.02 Å². The van der Waals surface area contributed by atoms with Gasteiger partial charge in [0.25, 0.3) is 5.89 Å². The smallest absolute Gasteiger partial charge is 0.343 e. The molecule has 0 aliphatic heterocycles. The van der Waals surface area contributed by atoms with Crippen molar-refractivity contribution >= 4 is 17.6 Å². The van der Waals surface area contributed by atoms with E-state index >= 15 is 0 Å². The number of halogens is 2. The van der Waals surface area contributed by atoms with Crippen molar-refractivity contribution in [2.24, 2.45) is 0 Å². The zero-order valence-electron chi connectivity index (χ0n) is 13.3. The number of carbonyl (C=O) groups excluding carboxylic acids is 1. The van der Waals surface area contributed by atoms with Crippen molar-refractivity contribution in [2.45, 2.75) is 20.0 Å². The Morgan fingerprint density at radius 1 is 1.24 bits per heavy atom. The van der Waals surface area contributed by atoms with Gasteiger partial charge >= 0.3 is 5.97 Å². The predicted octanol–water partition coefficient (Wildman–Crippen LogP) is 4.45. The lowest BCUT2D eigenvalue weighted by molar-refractivity contribution is 0.0424. The van der Waals surface area contributed by atoms with E-state index in [1.807, 2.05) is 24.3 Å². The Morgan fingerprint density at radius 3 is 2.68 bits per heavy atom. The first-order valence-electron chi connectivity index (χ1n) is 7.61. The van der Waals surface area contributed by atoms with E-state index in [-0.39, 0.29) is 23.1 Å². The second-order valence-corrected chi connectivity index (χ2v) is 5.64. The van der Waals surface area contributed by atoms with Crippen LogP contribution in [0, 0.1) is 5.82 Å². The maximum atomic E-state index is 13.7. The summed E-state index contributed by atoms with van der Waals surface area (Å²) in [6.07, 6.45) is 0.937. The number of carbonyl (C=O) groups is 1. The van der Waals surface area contributed by atoms with Crippen molar-refractivity contribution in [3.05, 3.63) is 70.3 Å². The highest BCUT2D eigenvalue weighted by Crippen LogP contribution is 2.21. The molecule has 5 nitrogen and oxygen atoms in total. The van der Waals surface area contributed by atoms with Gasteiger partial charge in [-0.1, -0.05) is 54.0 Å². The van der Waals surface area contributed by atoms with E-state index in [2.05, 4.69) is 17.1 Å². The van der Waals surface area contributed by atoms with E-state index < -0.39 is 11.8 Å². The van der Waals surface area contributed by atoms with Crippen molar-refractivity contribution in [3.63, 3.8) is 0 Å². The van der Waals surface area contributed by atoms with E-state index in [1.54, 1.807) is 0 Å². The normalized spacial score (nSPS) is 10.7. The van der Waals surface area contributed by atoms with Gasteiger partial charge < -0.3 is 9.26 Å². The molecule has 0 fully saturated rings. The van der Waals surface area contributed by atoms with Gasteiger partial charge in [0.2, 0.25) is 5.82 Å². The van der Waals surface area contributed by atoms with Crippen LogP contribution in [0.3, 0.4) is 0 Å². The van der Waals surface area contributed by atoms with Crippen LogP contribution >= 0.6 is 11.6 Å². The Kier molecular flexibility index (Phi) is 5.09. The fourth-order valence-corrected chi connectivity index (χ4v) is 2.45. The topological polar surface area (TPSA) is 65.2 Å². The minimum atomic E-state index is -0.893. The molecule has 0 aliphatic rings. The molecule has 1 aromatic heterocycles. The van der Waals surface area contributed by atoms with Crippen LogP contribution in [-0.2, 0) is 17.8 Å². The number of rotatable bonds is 5. The second kappa shape index (κ2) is 7.44. The molecule has 0 amide bonds. The van der Waals surface area contributed by atoms with E-state index in [4.69, 9.17) is 20.9 Å². The fraction of sp³-hybridized carbons (Fsp3) is 0.167. The molecule has 0 unspecified atom stereocenters. The molecule has 25 heavy (non-hydrogen) atoms. The SMILES string of the molecule is CCc1ccc(-c2noc(COC(=O)c3c(F)cccc3Cl)n2)cc1. The maximum Gasteiger partial charge on any atom is 0.343 e. The molecule has 2 aromatic carbocycles. The second-order valence-electron chi connectivity index (χ2n) is 5.23. The van der Waals surface area contributed by atoms with Crippen LogP contribution < -0.4 is 0 Å². The number of esters is 1. The third-order valence-electron chi connectivity index (χ3n) is 3.58. The van der Waals surface area contributed by atoms with Gasteiger partial charge in [0.1, 0.15) is 11.4 Å². The zero-order valence-corrected chi connectivity index (χ0v) is 14.1. The Hall–Kier alpha value is -2.73. The summed E-state index contributed by atoms with van der Waals surface area (Å²) in [7, 11) is 0. The molecule has 1 heterocycles. The quantitative estimate of drug-likeness (QED) is 0.629. The summed E-state index contributed by atoms with van der Waals surface area (Å²) in [4.78, 5) is 16.1. The average molecular weight is 361 g/mol. The number of ether oxygens (including phenoxy) is 1. The molecule has 3 rings (SSSR count). The first-order chi connectivity index (χ1) is 12.1. The summed E-state index contributed by atoms with van der Waals surface area (Å²) in [6, 6.07) is 11.7. The van der Waals surface area contributed by atoms with Gasteiger partial charge in [-0.15, -0.1) is 0 Å². The molecular formula is C18H14ClFN2O3. The van der Waals surface area contributed by atoms with Crippen LogP contribution in [0.5, 0.6) is 0 Å². The molecule has 0 saturated heterocycles.